The van der Waals surface area contributed by atoms with E-state index in [2.05, 4.69) is 62.1 Å². The highest BCUT2D eigenvalue weighted by atomic mass is 32.2. The van der Waals surface area contributed by atoms with Crippen LogP contribution < -0.4 is 10.1 Å². The monoisotopic (exact) mass is 307 g/mol. The summed E-state index contributed by atoms with van der Waals surface area (Å²) in [5, 5.41) is 4.44. The molecule has 0 aromatic heterocycles. The highest BCUT2D eigenvalue weighted by Crippen LogP contribution is 2.38. The van der Waals surface area contributed by atoms with Crippen LogP contribution in [0, 0.1) is 0 Å². The van der Waals surface area contributed by atoms with E-state index in [-0.39, 0.29) is 6.10 Å². The van der Waals surface area contributed by atoms with E-state index in [4.69, 9.17) is 4.74 Å². The molecule has 1 aliphatic rings. The number of nitrogens with one attached hydrogen (secondary N) is 1. The molecule has 2 unspecified atom stereocenters. The Bertz CT molecular complexity index is 415. The van der Waals surface area contributed by atoms with Gasteiger partial charge in [0, 0.05) is 16.9 Å². The maximum absolute atomic E-state index is 6.05. The van der Waals surface area contributed by atoms with Crippen molar-refractivity contribution < 1.29 is 4.74 Å². The molecule has 118 valence electrons. The molecular weight excluding hydrogens is 278 g/mol. The Balaban J connectivity index is 2.22. The first kappa shape index (κ1) is 16.7. The summed E-state index contributed by atoms with van der Waals surface area (Å²) in [4.78, 5) is 0. The van der Waals surface area contributed by atoms with E-state index in [0.29, 0.717) is 11.3 Å². The first-order chi connectivity index (χ1) is 10.2. The molecule has 2 atom stereocenters. The molecule has 0 spiro atoms. The standard InChI is InChI=1S/C18H29NOS/c1-4-12-19-18(17-11-7-8-13-21-17)15-9-5-6-10-16(15)20-14(2)3/h5-6,9-10,14,17-19H,4,7-8,11-13H2,1-3H3. The molecule has 1 N–H and O–H groups in total. The van der Waals surface area contributed by atoms with Crippen molar-refractivity contribution in [2.45, 2.75) is 63.9 Å². The molecule has 1 saturated heterocycles. The van der Waals surface area contributed by atoms with E-state index < -0.39 is 0 Å². The minimum atomic E-state index is 0.219. The van der Waals surface area contributed by atoms with Gasteiger partial charge in [-0.05, 0) is 51.5 Å². The summed E-state index contributed by atoms with van der Waals surface area (Å²) < 4.78 is 6.05. The van der Waals surface area contributed by atoms with Crippen molar-refractivity contribution in [1.29, 1.82) is 0 Å². The van der Waals surface area contributed by atoms with Crippen LogP contribution in [0.5, 0.6) is 5.75 Å². The Labute approximate surface area is 134 Å². The molecular formula is C18H29NOS. The van der Waals surface area contributed by atoms with Crippen molar-refractivity contribution in [3.63, 3.8) is 0 Å². The second-order valence-electron chi connectivity index (χ2n) is 6.04. The number of benzene rings is 1. The SMILES string of the molecule is CCCNC(c1ccccc1OC(C)C)C1CCCCS1. The maximum atomic E-state index is 6.05. The fourth-order valence-electron chi connectivity index (χ4n) is 2.87. The summed E-state index contributed by atoms with van der Waals surface area (Å²) in [6.45, 7) is 7.49. The first-order valence-electron chi connectivity index (χ1n) is 8.33. The molecule has 0 radical (unpaired) electrons. The lowest BCUT2D eigenvalue weighted by Gasteiger charge is -2.32. The van der Waals surface area contributed by atoms with Crippen molar-refractivity contribution in [2.24, 2.45) is 0 Å². The number of thioether (sulfide) groups is 1. The Kier molecular flexibility index (Phi) is 6.91. The quantitative estimate of drug-likeness (QED) is 0.782. The Morgan fingerprint density at radius 3 is 2.76 bits per heavy atom. The van der Waals surface area contributed by atoms with E-state index >= 15 is 0 Å². The van der Waals surface area contributed by atoms with Gasteiger partial charge < -0.3 is 10.1 Å². The topological polar surface area (TPSA) is 21.3 Å². The summed E-state index contributed by atoms with van der Waals surface area (Å²) in [6, 6.07) is 8.97. The molecule has 0 bridgehead atoms. The van der Waals surface area contributed by atoms with Crippen molar-refractivity contribution in [3.05, 3.63) is 29.8 Å². The van der Waals surface area contributed by atoms with Crippen molar-refractivity contribution in [3.8, 4) is 5.75 Å². The number of ether oxygens (including phenoxy) is 1. The van der Waals surface area contributed by atoms with Gasteiger partial charge >= 0.3 is 0 Å². The maximum Gasteiger partial charge on any atom is 0.124 e. The van der Waals surface area contributed by atoms with Crippen LogP contribution in [-0.2, 0) is 0 Å². The third kappa shape index (κ3) is 4.93. The molecule has 0 aliphatic carbocycles. The fraction of sp³-hybridized carbons (Fsp3) is 0.667. The van der Waals surface area contributed by atoms with Gasteiger partial charge in [0.25, 0.3) is 0 Å². The molecule has 2 nitrogen and oxygen atoms in total. The van der Waals surface area contributed by atoms with Gasteiger partial charge in [0.05, 0.1) is 6.10 Å². The lowest BCUT2D eigenvalue weighted by Crippen LogP contribution is -2.33. The molecule has 21 heavy (non-hydrogen) atoms. The predicted octanol–water partition coefficient (Wildman–Crippen LogP) is 4.80. The van der Waals surface area contributed by atoms with Crippen molar-refractivity contribution in [2.75, 3.05) is 12.3 Å². The summed E-state index contributed by atoms with van der Waals surface area (Å²) in [5.74, 6) is 2.34. The molecule has 0 amide bonds. The van der Waals surface area contributed by atoms with E-state index in [1.54, 1.807) is 0 Å². The summed E-state index contributed by atoms with van der Waals surface area (Å²) in [7, 11) is 0. The predicted molar refractivity (Wildman–Crippen MR) is 93.3 cm³/mol. The molecule has 1 fully saturated rings. The van der Waals surface area contributed by atoms with Crippen LogP contribution in [-0.4, -0.2) is 23.7 Å². The molecule has 1 heterocycles. The van der Waals surface area contributed by atoms with Gasteiger partial charge in [-0.25, -0.2) is 0 Å². The summed E-state index contributed by atoms with van der Waals surface area (Å²) in [6.07, 6.45) is 5.42. The third-order valence-corrected chi connectivity index (χ3v) is 5.28. The van der Waals surface area contributed by atoms with Gasteiger partial charge in [-0.3, -0.25) is 0 Å². The van der Waals surface area contributed by atoms with E-state index in [9.17, 15) is 0 Å². The second kappa shape index (κ2) is 8.70. The molecule has 0 saturated carbocycles. The highest BCUT2D eigenvalue weighted by Gasteiger charge is 2.27. The lowest BCUT2D eigenvalue weighted by atomic mass is 9.98. The van der Waals surface area contributed by atoms with Crippen LogP contribution in [0.25, 0.3) is 0 Å². The zero-order valence-corrected chi connectivity index (χ0v) is 14.4. The highest BCUT2D eigenvalue weighted by molar-refractivity contribution is 8.00. The number of rotatable bonds is 7. The molecule has 3 heteroatoms. The van der Waals surface area contributed by atoms with Gasteiger partial charge in [-0.2, -0.15) is 11.8 Å². The first-order valence-corrected chi connectivity index (χ1v) is 9.37. The summed E-state index contributed by atoms with van der Waals surface area (Å²) in [5.41, 5.74) is 1.33. The van der Waals surface area contributed by atoms with Crippen LogP contribution in [0.2, 0.25) is 0 Å². The Morgan fingerprint density at radius 1 is 1.29 bits per heavy atom. The summed E-state index contributed by atoms with van der Waals surface area (Å²) >= 11 is 2.13. The van der Waals surface area contributed by atoms with Gasteiger partial charge in [0.15, 0.2) is 0 Å². The van der Waals surface area contributed by atoms with Gasteiger partial charge in [0.2, 0.25) is 0 Å². The fourth-order valence-corrected chi connectivity index (χ4v) is 4.31. The van der Waals surface area contributed by atoms with Crippen molar-refractivity contribution in [1.82, 2.24) is 5.32 Å². The Morgan fingerprint density at radius 2 is 2.10 bits per heavy atom. The molecule has 1 aromatic rings. The van der Waals surface area contributed by atoms with E-state index in [1.807, 2.05) is 0 Å². The normalized spacial score (nSPS) is 20.5. The average Bonchev–Trinajstić information content (AvgIpc) is 2.50. The van der Waals surface area contributed by atoms with Crippen LogP contribution in [0.1, 0.15) is 58.1 Å². The number of hydrogen-bond acceptors (Lipinski definition) is 3. The average molecular weight is 308 g/mol. The lowest BCUT2D eigenvalue weighted by molar-refractivity contribution is 0.237. The largest absolute Gasteiger partial charge is 0.491 e. The minimum absolute atomic E-state index is 0.219. The van der Waals surface area contributed by atoms with Crippen LogP contribution in [0.3, 0.4) is 0 Å². The van der Waals surface area contributed by atoms with E-state index in [1.165, 1.54) is 37.0 Å². The number of para-hydroxylation sites is 1. The zero-order valence-electron chi connectivity index (χ0n) is 13.6. The van der Waals surface area contributed by atoms with Crippen LogP contribution in [0.15, 0.2) is 24.3 Å². The van der Waals surface area contributed by atoms with E-state index in [0.717, 1.165) is 12.3 Å². The van der Waals surface area contributed by atoms with Crippen LogP contribution >= 0.6 is 11.8 Å². The van der Waals surface area contributed by atoms with Gasteiger partial charge in [-0.15, -0.1) is 0 Å². The van der Waals surface area contributed by atoms with Crippen molar-refractivity contribution >= 4 is 11.8 Å². The Hall–Kier alpha value is -0.670. The second-order valence-corrected chi connectivity index (χ2v) is 7.39. The number of hydrogen-bond donors (Lipinski definition) is 1. The van der Waals surface area contributed by atoms with Gasteiger partial charge in [-0.1, -0.05) is 31.5 Å². The van der Waals surface area contributed by atoms with Crippen LogP contribution in [0.4, 0.5) is 0 Å². The van der Waals surface area contributed by atoms with Gasteiger partial charge in [0.1, 0.15) is 5.75 Å². The minimum Gasteiger partial charge on any atom is -0.491 e. The molecule has 1 aromatic carbocycles. The zero-order chi connectivity index (χ0) is 15.1. The third-order valence-electron chi connectivity index (χ3n) is 3.82. The molecule has 1 aliphatic heterocycles. The molecule has 2 rings (SSSR count). The smallest absolute Gasteiger partial charge is 0.124 e.